The van der Waals surface area contributed by atoms with E-state index in [1.807, 2.05) is 27.7 Å². The first kappa shape index (κ1) is 21.7. The fraction of sp³-hybridized carbons (Fsp3) is 0.850. The van der Waals surface area contributed by atoms with Crippen molar-refractivity contribution in [3.05, 3.63) is 12.2 Å². The Labute approximate surface area is 166 Å². The van der Waals surface area contributed by atoms with Crippen molar-refractivity contribution in [2.75, 3.05) is 6.61 Å². The number of carbonyl (C=O) groups excluding carboxylic acids is 1. The van der Waals surface area contributed by atoms with Crippen LogP contribution in [0.5, 0.6) is 0 Å². The summed E-state index contributed by atoms with van der Waals surface area (Å²) < 4.78 is 34.9. The number of aliphatic hydroxyl groups is 1. The molecule has 6 atom stereocenters. The fourth-order valence-corrected chi connectivity index (χ4v) is 3.74. The van der Waals surface area contributed by atoms with E-state index >= 15 is 0 Å². The van der Waals surface area contributed by atoms with Gasteiger partial charge in [-0.05, 0) is 40.0 Å². The summed E-state index contributed by atoms with van der Waals surface area (Å²) in [5, 5.41) is 10.2. The van der Waals surface area contributed by atoms with Crippen molar-refractivity contribution in [1.82, 2.24) is 0 Å². The van der Waals surface area contributed by atoms with E-state index in [1.54, 1.807) is 13.8 Å². The van der Waals surface area contributed by atoms with Gasteiger partial charge in [0.15, 0.2) is 30.1 Å². The Morgan fingerprint density at radius 2 is 1.82 bits per heavy atom. The molecule has 0 spiro atoms. The number of hydrogen-bond donors (Lipinski definition) is 1. The maximum absolute atomic E-state index is 12.7. The summed E-state index contributed by atoms with van der Waals surface area (Å²) >= 11 is 0. The van der Waals surface area contributed by atoms with E-state index in [1.165, 1.54) is 0 Å². The molecule has 3 aliphatic heterocycles. The normalized spacial score (nSPS) is 37.1. The molecule has 160 valence electrons. The zero-order valence-corrected chi connectivity index (χ0v) is 17.5. The van der Waals surface area contributed by atoms with E-state index in [0.717, 1.165) is 0 Å². The first-order chi connectivity index (χ1) is 12.9. The largest absolute Gasteiger partial charge is 0.453 e. The summed E-state index contributed by atoms with van der Waals surface area (Å²) in [4.78, 5) is 12.7. The van der Waals surface area contributed by atoms with Gasteiger partial charge in [0.05, 0.1) is 18.3 Å². The van der Waals surface area contributed by atoms with Gasteiger partial charge in [0.2, 0.25) is 0 Å². The molecular formula is C20H32O8. The minimum atomic E-state index is -0.966. The molecular weight excluding hydrogens is 368 g/mol. The van der Waals surface area contributed by atoms with Gasteiger partial charge in [-0.25, -0.2) is 4.79 Å². The fourth-order valence-electron chi connectivity index (χ4n) is 3.74. The van der Waals surface area contributed by atoms with Crippen molar-refractivity contribution < 1.29 is 38.3 Å². The van der Waals surface area contributed by atoms with Crippen LogP contribution in [0.15, 0.2) is 12.2 Å². The van der Waals surface area contributed by atoms with Crippen molar-refractivity contribution in [2.24, 2.45) is 5.92 Å². The highest BCUT2D eigenvalue weighted by molar-refractivity contribution is 5.89. The zero-order chi connectivity index (χ0) is 20.9. The average molecular weight is 400 g/mol. The van der Waals surface area contributed by atoms with E-state index in [4.69, 9.17) is 28.4 Å². The summed E-state index contributed by atoms with van der Waals surface area (Å²) in [5.74, 6) is -2.08. The van der Waals surface area contributed by atoms with Crippen molar-refractivity contribution in [1.29, 1.82) is 0 Å². The molecule has 8 heteroatoms. The lowest BCUT2D eigenvalue weighted by Crippen LogP contribution is -2.45. The molecule has 0 bridgehead atoms. The average Bonchev–Trinajstić information content (AvgIpc) is 3.16. The molecule has 0 amide bonds. The van der Waals surface area contributed by atoms with Gasteiger partial charge in [-0.3, -0.25) is 0 Å². The number of rotatable bonds is 6. The third-order valence-electron chi connectivity index (χ3n) is 5.03. The molecule has 3 rings (SSSR count). The van der Waals surface area contributed by atoms with Crippen LogP contribution in [0.1, 0.15) is 48.0 Å². The molecule has 3 fully saturated rings. The Kier molecular flexibility index (Phi) is 5.93. The van der Waals surface area contributed by atoms with E-state index in [2.05, 4.69) is 6.58 Å². The standard InChI is InChI=1S/C20H32O8/c1-10(2)8-12(21)11(3)17(22)24-15-14(13-9-23-19(4,5)26-13)25-18-16(15)27-20(6,7)28-18/h10,12-16,18,21H,3,8-9H2,1-2,4-7H3/t12?,13-,14-,15+,16-,18-/m1/s1. The molecule has 0 aromatic heterocycles. The smallest absolute Gasteiger partial charge is 0.336 e. The molecule has 1 unspecified atom stereocenters. The number of carbonyl (C=O) groups is 1. The highest BCUT2D eigenvalue weighted by Crippen LogP contribution is 2.42. The minimum absolute atomic E-state index is 0.0120. The van der Waals surface area contributed by atoms with Crippen LogP contribution < -0.4 is 0 Å². The minimum Gasteiger partial charge on any atom is -0.453 e. The Morgan fingerprint density at radius 1 is 1.14 bits per heavy atom. The van der Waals surface area contributed by atoms with Crippen LogP contribution >= 0.6 is 0 Å². The molecule has 8 nitrogen and oxygen atoms in total. The van der Waals surface area contributed by atoms with Gasteiger partial charge >= 0.3 is 5.97 Å². The number of fused-ring (bicyclic) bond motifs is 1. The molecule has 28 heavy (non-hydrogen) atoms. The van der Waals surface area contributed by atoms with Gasteiger partial charge < -0.3 is 33.5 Å². The summed E-state index contributed by atoms with van der Waals surface area (Å²) in [6.07, 6.45) is -3.67. The van der Waals surface area contributed by atoms with Crippen molar-refractivity contribution in [3.63, 3.8) is 0 Å². The molecule has 3 heterocycles. The van der Waals surface area contributed by atoms with Crippen LogP contribution in [0, 0.1) is 5.92 Å². The quantitative estimate of drug-likeness (QED) is 0.534. The molecule has 0 radical (unpaired) electrons. The van der Waals surface area contributed by atoms with E-state index in [0.29, 0.717) is 13.0 Å². The first-order valence-corrected chi connectivity index (χ1v) is 9.79. The van der Waals surface area contributed by atoms with Crippen molar-refractivity contribution in [2.45, 2.75) is 96.3 Å². The summed E-state index contributed by atoms with van der Waals surface area (Å²) in [7, 11) is 0. The van der Waals surface area contributed by atoms with Gasteiger partial charge in [-0.2, -0.15) is 0 Å². The Hall–Kier alpha value is -1.03. The van der Waals surface area contributed by atoms with E-state index in [-0.39, 0.29) is 11.5 Å². The summed E-state index contributed by atoms with van der Waals surface area (Å²) in [6, 6.07) is 0. The zero-order valence-electron chi connectivity index (χ0n) is 17.5. The lowest BCUT2D eigenvalue weighted by atomic mass is 10.0. The molecule has 3 saturated heterocycles. The van der Waals surface area contributed by atoms with Crippen LogP contribution in [-0.2, 0) is 33.2 Å². The number of ether oxygens (including phenoxy) is 6. The van der Waals surface area contributed by atoms with Gasteiger partial charge in [0.25, 0.3) is 0 Å². The third kappa shape index (κ3) is 4.58. The number of esters is 1. The predicted molar refractivity (Wildman–Crippen MR) is 98.1 cm³/mol. The molecule has 1 N–H and O–H groups in total. The van der Waals surface area contributed by atoms with E-state index in [9.17, 15) is 9.90 Å². The number of aliphatic hydroxyl groups excluding tert-OH is 1. The molecule has 0 aromatic rings. The Bertz CT molecular complexity index is 613. The van der Waals surface area contributed by atoms with Gasteiger partial charge in [0, 0.05) is 0 Å². The Balaban J connectivity index is 1.73. The van der Waals surface area contributed by atoms with Crippen molar-refractivity contribution >= 4 is 5.97 Å². The van der Waals surface area contributed by atoms with Gasteiger partial charge in [-0.1, -0.05) is 20.4 Å². The monoisotopic (exact) mass is 400 g/mol. The van der Waals surface area contributed by atoms with Crippen molar-refractivity contribution in [3.8, 4) is 0 Å². The molecule has 0 aliphatic carbocycles. The lowest BCUT2D eigenvalue weighted by Gasteiger charge is -2.29. The van der Waals surface area contributed by atoms with Crippen LogP contribution in [0.2, 0.25) is 0 Å². The highest BCUT2D eigenvalue weighted by Gasteiger charge is 2.60. The third-order valence-corrected chi connectivity index (χ3v) is 5.03. The first-order valence-electron chi connectivity index (χ1n) is 9.79. The summed E-state index contributed by atoms with van der Waals surface area (Å²) in [6.45, 7) is 15.1. The lowest BCUT2D eigenvalue weighted by molar-refractivity contribution is -0.235. The van der Waals surface area contributed by atoms with Crippen LogP contribution in [0.25, 0.3) is 0 Å². The maximum atomic E-state index is 12.7. The maximum Gasteiger partial charge on any atom is 0.336 e. The number of hydrogen-bond acceptors (Lipinski definition) is 8. The second kappa shape index (κ2) is 7.66. The van der Waals surface area contributed by atoms with Crippen LogP contribution in [0.4, 0.5) is 0 Å². The van der Waals surface area contributed by atoms with E-state index < -0.39 is 54.4 Å². The van der Waals surface area contributed by atoms with Crippen LogP contribution in [-0.4, -0.2) is 66.1 Å². The van der Waals surface area contributed by atoms with Gasteiger partial charge in [-0.15, -0.1) is 0 Å². The molecule has 0 aromatic carbocycles. The predicted octanol–water partition coefficient (Wildman–Crippen LogP) is 1.89. The highest BCUT2D eigenvalue weighted by atomic mass is 16.8. The van der Waals surface area contributed by atoms with Crippen LogP contribution in [0.3, 0.4) is 0 Å². The second-order valence-corrected chi connectivity index (χ2v) is 8.98. The Morgan fingerprint density at radius 3 is 2.39 bits per heavy atom. The molecule has 0 saturated carbocycles. The SMILES string of the molecule is C=C(C(=O)O[C@@H]1[C@H]2OC(C)(C)O[C@H]2O[C@@H]1[C@H]1COC(C)(C)O1)C(O)CC(C)C. The molecule has 3 aliphatic rings. The van der Waals surface area contributed by atoms with Gasteiger partial charge in [0.1, 0.15) is 12.2 Å². The topological polar surface area (TPSA) is 92.7 Å². The second-order valence-electron chi connectivity index (χ2n) is 8.98. The summed E-state index contributed by atoms with van der Waals surface area (Å²) in [5.41, 5.74) is 0.0120.